The fourth-order valence-corrected chi connectivity index (χ4v) is 2.14. The van der Waals surface area contributed by atoms with Crippen LogP contribution in [0.3, 0.4) is 0 Å². The maximum atomic E-state index is 3.59. The quantitative estimate of drug-likeness (QED) is 0.578. The lowest BCUT2D eigenvalue weighted by atomic mass is 10.1. The smallest absolute Gasteiger partial charge is 0.0597 e. The number of nitrogens with one attached hydrogen (secondary N) is 2. The van der Waals surface area contributed by atoms with Crippen LogP contribution in [0.15, 0.2) is 0 Å². The summed E-state index contributed by atoms with van der Waals surface area (Å²) in [4.78, 5) is 2.58. The standard InChI is InChI=1S/C9H19N3/c1-2-4-11-9(3-1)12-7-5-10-6-8-12/h9-11H,1-8H2/t9-/m1/s1. The molecule has 2 aliphatic heterocycles. The Bertz CT molecular complexity index is 110. The van der Waals surface area contributed by atoms with E-state index in [9.17, 15) is 0 Å². The van der Waals surface area contributed by atoms with Gasteiger partial charge in [-0.25, -0.2) is 0 Å². The van der Waals surface area contributed by atoms with E-state index in [1.807, 2.05) is 0 Å². The molecule has 0 spiro atoms. The highest BCUT2D eigenvalue weighted by molar-refractivity contribution is 4.77. The fourth-order valence-electron chi connectivity index (χ4n) is 2.14. The van der Waals surface area contributed by atoms with Gasteiger partial charge in [-0.2, -0.15) is 0 Å². The molecule has 0 aromatic carbocycles. The Balaban J connectivity index is 1.80. The Labute approximate surface area is 74.5 Å². The van der Waals surface area contributed by atoms with Crippen LogP contribution in [-0.4, -0.2) is 43.8 Å². The zero-order chi connectivity index (χ0) is 8.23. The fraction of sp³-hybridized carbons (Fsp3) is 1.00. The number of hydrogen-bond donors (Lipinski definition) is 2. The minimum atomic E-state index is 0.681. The van der Waals surface area contributed by atoms with Gasteiger partial charge in [0.25, 0.3) is 0 Å². The number of rotatable bonds is 1. The summed E-state index contributed by atoms with van der Waals surface area (Å²) in [5.74, 6) is 0. The van der Waals surface area contributed by atoms with E-state index >= 15 is 0 Å². The Morgan fingerprint density at radius 3 is 2.50 bits per heavy atom. The molecule has 70 valence electrons. The van der Waals surface area contributed by atoms with E-state index in [1.54, 1.807) is 0 Å². The van der Waals surface area contributed by atoms with Crippen LogP contribution in [0.1, 0.15) is 19.3 Å². The molecule has 2 saturated heterocycles. The van der Waals surface area contributed by atoms with Gasteiger partial charge in [-0.05, 0) is 25.8 Å². The molecule has 2 aliphatic rings. The molecule has 0 amide bonds. The molecular formula is C9H19N3. The van der Waals surface area contributed by atoms with Gasteiger partial charge in [0.1, 0.15) is 0 Å². The highest BCUT2D eigenvalue weighted by atomic mass is 15.3. The largest absolute Gasteiger partial charge is 0.314 e. The Hall–Kier alpha value is -0.120. The monoisotopic (exact) mass is 169 g/mol. The third kappa shape index (κ3) is 1.97. The lowest BCUT2D eigenvalue weighted by Crippen LogP contribution is -2.54. The first-order chi connectivity index (χ1) is 5.97. The maximum Gasteiger partial charge on any atom is 0.0597 e. The van der Waals surface area contributed by atoms with Crippen molar-refractivity contribution in [1.82, 2.24) is 15.5 Å². The summed E-state index contributed by atoms with van der Waals surface area (Å²) in [6.07, 6.45) is 4.80. The molecule has 0 radical (unpaired) electrons. The van der Waals surface area contributed by atoms with E-state index in [1.165, 1.54) is 38.9 Å². The Morgan fingerprint density at radius 2 is 1.83 bits per heavy atom. The lowest BCUT2D eigenvalue weighted by Gasteiger charge is -2.37. The molecule has 1 atom stereocenters. The first-order valence-corrected chi connectivity index (χ1v) is 5.15. The molecule has 2 fully saturated rings. The van der Waals surface area contributed by atoms with Crippen LogP contribution in [0.2, 0.25) is 0 Å². The van der Waals surface area contributed by atoms with Crippen LogP contribution >= 0.6 is 0 Å². The van der Waals surface area contributed by atoms with Crippen molar-refractivity contribution in [3.8, 4) is 0 Å². The summed E-state index contributed by atoms with van der Waals surface area (Å²) >= 11 is 0. The van der Waals surface area contributed by atoms with Gasteiger partial charge < -0.3 is 10.6 Å². The molecule has 2 N–H and O–H groups in total. The number of hydrogen-bond acceptors (Lipinski definition) is 3. The van der Waals surface area contributed by atoms with Crippen molar-refractivity contribution in [1.29, 1.82) is 0 Å². The second-order valence-corrected chi connectivity index (χ2v) is 3.75. The molecule has 0 aromatic heterocycles. The summed E-state index contributed by atoms with van der Waals surface area (Å²) in [7, 11) is 0. The van der Waals surface area contributed by atoms with E-state index in [-0.39, 0.29) is 0 Å². The molecule has 2 rings (SSSR count). The van der Waals surface area contributed by atoms with Crippen molar-refractivity contribution in [2.45, 2.75) is 25.4 Å². The zero-order valence-corrected chi connectivity index (χ0v) is 7.68. The van der Waals surface area contributed by atoms with Crippen molar-refractivity contribution in [2.75, 3.05) is 32.7 Å². The molecule has 2 heterocycles. The van der Waals surface area contributed by atoms with E-state index in [0.717, 1.165) is 13.1 Å². The molecule has 3 heteroatoms. The van der Waals surface area contributed by atoms with Crippen molar-refractivity contribution in [3.05, 3.63) is 0 Å². The normalized spacial score (nSPS) is 33.5. The van der Waals surface area contributed by atoms with Gasteiger partial charge in [-0.15, -0.1) is 0 Å². The summed E-state index contributed by atoms with van der Waals surface area (Å²) in [6, 6.07) is 0. The van der Waals surface area contributed by atoms with Crippen LogP contribution < -0.4 is 10.6 Å². The van der Waals surface area contributed by atoms with E-state index in [2.05, 4.69) is 15.5 Å². The third-order valence-corrected chi connectivity index (χ3v) is 2.88. The van der Waals surface area contributed by atoms with E-state index in [4.69, 9.17) is 0 Å². The number of piperidine rings is 1. The topological polar surface area (TPSA) is 27.3 Å². The molecule has 3 nitrogen and oxygen atoms in total. The first-order valence-electron chi connectivity index (χ1n) is 5.15. The first kappa shape index (κ1) is 8.48. The van der Waals surface area contributed by atoms with Gasteiger partial charge in [0.2, 0.25) is 0 Å². The Kier molecular flexibility index (Phi) is 2.98. The average Bonchev–Trinajstić information content (AvgIpc) is 2.21. The van der Waals surface area contributed by atoms with Gasteiger partial charge in [-0.3, -0.25) is 4.90 Å². The van der Waals surface area contributed by atoms with Crippen molar-refractivity contribution in [2.24, 2.45) is 0 Å². The molecule has 0 saturated carbocycles. The summed E-state index contributed by atoms with van der Waals surface area (Å²) < 4.78 is 0. The second-order valence-electron chi connectivity index (χ2n) is 3.75. The maximum absolute atomic E-state index is 3.59. The van der Waals surface area contributed by atoms with Crippen LogP contribution in [0.4, 0.5) is 0 Å². The van der Waals surface area contributed by atoms with Crippen LogP contribution in [0, 0.1) is 0 Å². The average molecular weight is 169 g/mol. The molecule has 0 unspecified atom stereocenters. The molecule has 0 bridgehead atoms. The SMILES string of the molecule is C1CC[C@@H](N2CCNCC2)NC1. The van der Waals surface area contributed by atoms with Gasteiger partial charge in [0.15, 0.2) is 0 Å². The van der Waals surface area contributed by atoms with E-state index < -0.39 is 0 Å². The zero-order valence-electron chi connectivity index (χ0n) is 7.68. The summed E-state index contributed by atoms with van der Waals surface area (Å²) in [5.41, 5.74) is 0. The number of nitrogens with zero attached hydrogens (tertiary/aromatic N) is 1. The minimum Gasteiger partial charge on any atom is -0.314 e. The van der Waals surface area contributed by atoms with Crippen molar-refractivity contribution < 1.29 is 0 Å². The van der Waals surface area contributed by atoms with Gasteiger partial charge in [0, 0.05) is 26.2 Å². The summed E-state index contributed by atoms with van der Waals surface area (Å²) in [6.45, 7) is 5.99. The van der Waals surface area contributed by atoms with Gasteiger partial charge >= 0.3 is 0 Å². The highest BCUT2D eigenvalue weighted by Gasteiger charge is 2.21. The molecule has 0 aromatic rings. The van der Waals surface area contributed by atoms with Gasteiger partial charge in [-0.1, -0.05) is 0 Å². The van der Waals surface area contributed by atoms with Crippen molar-refractivity contribution >= 4 is 0 Å². The van der Waals surface area contributed by atoms with E-state index in [0.29, 0.717) is 6.17 Å². The van der Waals surface area contributed by atoms with Crippen LogP contribution in [0.5, 0.6) is 0 Å². The Morgan fingerprint density at radius 1 is 1.00 bits per heavy atom. The second kappa shape index (κ2) is 4.21. The lowest BCUT2D eigenvalue weighted by molar-refractivity contribution is 0.122. The molecular weight excluding hydrogens is 150 g/mol. The van der Waals surface area contributed by atoms with Crippen LogP contribution in [0.25, 0.3) is 0 Å². The summed E-state index contributed by atoms with van der Waals surface area (Å²) in [5, 5.41) is 6.97. The van der Waals surface area contributed by atoms with Crippen molar-refractivity contribution in [3.63, 3.8) is 0 Å². The number of piperazine rings is 1. The molecule has 0 aliphatic carbocycles. The highest BCUT2D eigenvalue weighted by Crippen LogP contribution is 2.11. The predicted octanol–water partition coefficient (Wildman–Crippen LogP) is -0.00880. The molecule has 12 heavy (non-hydrogen) atoms. The van der Waals surface area contributed by atoms with Crippen LogP contribution in [-0.2, 0) is 0 Å². The van der Waals surface area contributed by atoms with Gasteiger partial charge in [0.05, 0.1) is 6.17 Å². The minimum absolute atomic E-state index is 0.681. The predicted molar refractivity (Wildman–Crippen MR) is 50.1 cm³/mol. The third-order valence-electron chi connectivity index (χ3n) is 2.88.